The van der Waals surface area contributed by atoms with Crippen LogP contribution in [0.5, 0.6) is 0 Å². The fourth-order valence-corrected chi connectivity index (χ4v) is 2.32. The van der Waals surface area contributed by atoms with Crippen molar-refractivity contribution in [3.63, 3.8) is 0 Å². The first-order valence-electron chi connectivity index (χ1n) is 6.73. The summed E-state index contributed by atoms with van der Waals surface area (Å²) in [5.74, 6) is 0.755. The summed E-state index contributed by atoms with van der Waals surface area (Å²) in [5, 5.41) is 3.00. The number of urea groups is 1. The third-order valence-electron chi connectivity index (χ3n) is 3.60. The summed E-state index contributed by atoms with van der Waals surface area (Å²) in [5.41, 5.74) is 2.39. The second kappa shape index (κ2) is 5.89. The van der Waals surface area contributed by atoms with Gasteiger partial charge in [-0.05, 0) is 31.2 Å². The molecule has 3 nitrogen and oxygen atoms in total. The smallest absolute Gasteiger partial charge is 0.317 e. The number of hydrogen-bond acceptors (Lipinski definition) is 1. The monoisotopic (exact) mass is 246 g/mol. The molecule has 0 aliphatic carbocycles. The van der Waals surface area contributed by atoms with Crippen LogP contribution in [0.1, 0.15) is 30.9 Å². The van der Waals surface area contributed by atoms with Crippen molar-refractivity contribution in [1.29, 1.82) is 0 Å². The van der Waals surface area contributed by atoms with Crippen LogP contribution in [0.15, 0.2) is 24.3 Å². The van der Waals surface area contributed by atoms with E-state index in [-0.39, 0.29) is 6.03 Å². The molecule has 0 aromatic heterocycles. The third kappa shape index (κ3) is 3.49. The Morgan fingerprint density at radius 3 is 2.78 bits per heavy atom. The maximum absolute atomic E-state index is 12.0. The van der Waals surface area contributed by atoms with Gasteiger partial charge in [0.1, 0.15) is 0 Å². The lowest BCUT2D eigenvalue weighted by Gasteiger charge is -2.30. The van der Waals surface area contributed by atoms with E-state index in [0.717, 1.165) is 37.4 Å². The number of likely N-dealkylation sites (tertiary alicyclic amines) is 1. The predicted molar refractivity (Wildman–Crippen MR) is 73.4 cm³/mol. The largest absolute Gasteiger partial charge is 0.334 e. The summed E-state index contributed by atoms with van der Waals surface area (Å²) in [7, 11) is 0. The first kappa shape index (κ1) is 12.9. The first-order chi connectivity index (χ1) is 8.65. The molecule has 2 amide bonds. The van der Waals surface area contributed by atoms with Crippen molar-refractivity contribution in [2.24, 2.45) is 5.92 Å². The van der Waals surface area contributed by atoms with E-state index < -0.39 is 0 Å². The average Bonchev–Trinajstić information content (AvgIpc) is 2.37. The van der Waals surface area contributed by atoms with Crippen LogP contribution in [0.25, 0.3) is 0 Å². The van der Waals surface area contributed by atoms with Gasteiger partial charge in [0, 0.05) is 19.6 Å². The summed E-state index contributed by atoms with van der Waals surface area (Å²) < 4.78 is 0. The molecule has 0 bridgehead atoms. The van der Waals surface area contributed by atoms with Gasteiger partial charge in [-0.15, -0.1) is 0 Å². The van der Waals surface area contributed by atoms with E-state index in [4.69, 9.17) is 0 Å². The third-order valence-corrected chi connectivity index (χ3v) is 3.60. The molecule has 0 unspecified atom stereocenters. The van der Waals surface area contributed by atoms with Crippen LogP contribution in [0, 0.1) is 12.8 Å². The van der Waals surface area contributed by atoms with Crippen LogP contribution in [-0.2, 0) is 6.54 Å². The number of amides is 2. The number of carbonyl (C=O) groups excluding carboxylic acids is 1. The maximum atomic E-state index is 12.0. The quantitative estimate of drug-likeness (QED) is 0.855. The Kier molecular flexibility index (Phi) is 4.24. The Labute approximate surface area is 109 Å². The van der Waals surface area contributed by atoms with Gasteiger partial charge in [0.15, 0.2) is 0 Å². The van der Waals surface area contributed by atoms with E-state index in [1.807, 2.05) is 17.0 Å². The molecular formula is C15H22N2O. The topological polar surface area (TPSA) is 32.3 Å². The van der Waals surface area contributed by atoms with Crippen LogP contribution in [0.2, 0.25) is 0 Å². The molecule has 1 aromatic rings. The molecule has 1 saturated heterocycles. The van der Waals surface area contributed by atoms with Gasteiger partial charge in [0.25, 0.3) is 0 Å². The summed E-state index contributed by atoms with van der Waals surface area (Å²) in [4.78, 5) is 13.9. The second-order valence-electron chi connectivity index (χ2n) is 5.32. The van der Waals surface area contributed by atoms with E-state index >= 15 is 0 Å². The van der Waals surface area contributed by atoms with Crippen molar-refractivity contribution in [2.45, 2.75) is 33.2 Å². The molecule has 0 saturated carbocycles. The molecule has 2 rings (SSSR count). The Morgan fingerprint density at radius 1 is 1.39 bits per heavy atom. The Balaban J connectivity index is 1.81. The van der Waals surface area contributed by atoms with Gasteiger partial charge in [-0.3, -0.25) is 0 Å². The Hall–Kier alpha value is -1.51. The SMILES string of the molecule is Cc1cccc(CNC(=O)N2CCC(C)CC2)c1. The number of piperidine rings is 1. The van der Waals surface area contributed by atoms with E-state index in [1.54, 1.807) is 0 Å². The van der Waals surface area contributed by atoms with Crippen molar-refractivity contribution in [2.75, 3.05) is 13.1 Å². The van der Waals surface area contributed by atoms with E-state index in [0.29, 0.717) is 6.54 Å². The van der Waals surface area contributed by atoms with Crippen molar-refractivity contribution < 1.29 is 4.79 Å². The highest BCUT2D eigenvalue weighted by atomic mass is 16.2. The zero-order valence-electron chi connectivity index (χ0n) is 11.3. The van der Waals surface area contributed by atoms with Crippen molar-refractivity contribution in [3.8, 4) is 0 Å². The summed E-state index contributed by atoms with van der Waals surface area (Å²) in [6.45, 7) is 6.72. The van der Waals surface area contributed by atoms with Crippen LogP contribution in [0.4, 0.5) is 4.79 Å². The molecular weight excluding hydrogens is 224 g/mol. The fourth-order valence-electron chi connectivity index (χ4n) is 2.32. The molecule has 1 N–H and O–H groups in total. The molecule has 0 spiro atoms. The van der Waals surface area contributed by atoms with Crippen LogP contribution < -0.4 is 5.32 Å². The Morgan fingerprint density at radius 2 is 2.11 bits per heavy atom. The zero-order chi connectivity index (χ0) is 13.0. The van der Waals surface area contributed by atoms with Crippen molar-refractivity contribution in [1.82, 2.24) is 10.2 Å². The normalized spacial score (nSPS) is 16.7. The number of nitrogens with zero attached hydrogens (tertiary/aromatic N) is 1. The van der Waals surface area contributed by atoms with Crippen LogP contribution >= 0.6 is 0 Å². The summed E-state index contributed by atoms with van der Waals surface area (Å²) in [6, 6.07) is 8.32. The van der Waals surface area contributed by atoms with Gasteiger partial charge in [0.05, 0.1) is 0 Å². The average molecular weight is 246 g/mol. The number of rotatable bonds is 2. The van der Waals surface area contributed by atoms with Crippen LogP contribution in [0.3, 0.4) is 0 Å². The van der Waals surface area contributed by atoms with E-state index in [9.17, 15) is 4.79 Å². The highest BCUT2D eigenvalue weighted by Gasteiger charge is 2.19. The highest BCUT2D eigenvalue weighted by molar-refractivity contribution is 5.74. The molecule has 3 heteroatoms. The first-order valence-corrected chi connectivity index (χ1v) is 6.73. The number of hydrogen-bond donors (Lipinski definition) is 1. The number of aryl methyl sites for hydroxylation is 1. The molecule has 1 aromatic carbocycles. The standard InChI is InChI=1S/C15H22N2O/c1-12-6-8-17(9-7-12)15(18)16-11-14-5-3-4-13(2)10-14/h3-5,10,12H,6-9,11H2,1-2H3,(H,16,18). The lowest BCUT2D eigenvalue weighted by atomic mass is 10.00. The molecule has 1 aliphatic heterocycles. The minimum atomic E-state index is 0.0726. The number of carbonyl (C=O) groups is 1. The van der Waals surface area contributed by atoms with Gasteiger partial charge in [0.2, 0.25) is 0 Å². The fraction of sp³-hybridized carbons (Fsp3) is 0.533. The van der Waals surface area contributed by atoms with Crippen molar-refractivity contribution in [3.05, 3.63) is 35.4 Å². The molecule has 18 heavy (non-hydrogen) atoms. The van der Waals surface area contributed by atoms with Crippen molar-refractivity contribution >= 4 is 6.03 Å². The number of nitrogens with one attached hydrogen (secondary N) is 1. The van der Waals surface area contributed by atoms with Crippen LogP contribution in [-0.4, -0.2) is 24.0 Å². The molecule has 1 fully saturated rings. The minimum absolute atomic E-state index is 0.0726. The minimum Gasteiger partial charge on any atom is -0.334 e. The maximum Gasteiger partial charge on any atom is 0.317 e. The van der Waals surface area contributed by atoms with Gasteiger partial charge in [-0.1, -0.05) is 36.8 Å². The second-order valence-corrected chi connectivity index (χ2v) is 5.32. The summed E-state index contributed by atoms with van der Waals surface area (Å²) in [6.07, 6.45) is 2.25. The molecule has 1 aliphatic rings. The van der Waals surface area contributed by atoms with Gasteiger partial charge >= 0.3 is 6.03 Å². The molecule has 0 atom stereocenters. The molecule has 98 valence electrons. The lowest BCUT2D eigenvalue weighted by molar-refractivity contribution is 0.173. The summed E-state index contributed by atoms with van der Waals surface area (Å²) >= 11 is 0. The van der Waals surface area contributed by atoms with E-state index in [2.05, 4.69) is 31.3 Å². The van der Waals surface area contributed by atoms with Gasteiger partial charge in [-0.2, -0.15) is 0 Å². The lowest BCUT2D eigenvalue weighted by Crippen LogP contribution is -2.43. The van der Waals surface area contributed by atoms with E-state index in [1.165, 1.54) is 5.56 Å². The zero-order valence-corrected chi connectivity index (χ0v) is 11.3. The molecule has 1 heterocycles. The Bertz CT molecular complexity index is 409. The number of benzene rings is 1. The highest BCUT2D eigenvalue weighted by Crippen LogP contribution is 2.15. The molecule has 0 radical (unpaired) electrons. The van der Waals surface area contributed by atoms with Gasteiger partial charge < -0.3 is 10.2 Å². The van der Waals surface area contributed by atoms with Gasteiger partial charge in [-0.25, -0.2) is 4.79 Å². The predicted octanol–water partition coefficient (Wildman–Crippen LogP) is 2.94.